The lowest BCUT2D eigenvalue weighted by molar-refractivity contribution is 0.303. The molecule has 2 heteroatoms. The lowest BCUT2D eigenvalue weighted by Gasteiger charge is -2.21. The van der Waals surface area contributed by atoms with E-state index in [1.54, 1.807) is 0 Å². The second-order valence-electron chi connectivity index (χ2n) is 5.98. The third-order valence-electron chi connectivity index (χ3n) is 4.31. The highest BCUT2D eigenvalue weighted by Crippen LogP contribution is 2.36. The van der Waals surface area contributed by atoms with Crippen molar-refractivity contribution in [2.24, 2.45) is 0 Å². The summed E-state index contributed by atoms with van der Waals surface area (Å²) in [5.74, 6) is 1.74. The lowest BCUT2D eigenvalue weighted by atomic mass is 9.94. The molecule has 19 heavy (non-hydrogen) atoms. The lowest BCUT2D eigenvalue weighted by Crippen LogP contribution is -2.31. The summed E-state index contributed by atoms with van der Waals surface area (Å²) in [5, 5.41) is 3.71. The van der Waals surface area contributed by atoms with Gasteiger partial charge in [0.2, 0.25) is 0 Å². The van der Waals surface area contributed by atoms with Crippen LogP contribution in [0.1, 0.15) is 56.9 Å². The normalized spacial score (nSPS) is 26.6. The quantitative estimate of drug-likeness (QED) is 0.837. The number of hydrogen-bond donors (Lipinski definition) is 1. The number of benzene rings is 1. The van der Waals surface area contributed by atoms with Crippen molar-refractivity contribution in [3.8, 4) is 5.75 Å². The zero-order valence-electron chi connectivity index (χ0n) is 11.9. The van der Waals surface area contributed by atoms with E-state index >= 15 is 0 Å². The molecule has 2 nitrogen and oxygen atoms in total. The van der Waals surface area contributed by atoms with Crippen LogP contribution in [0.5, 0.6) is 5.75 Å². The minimum atomic E-state index is 0.497. The SMILES string of the molecule is CCCNC1CCCC1c1ccc(OC2CC2)cc1. The molecule has 0 saturated heterocycles. The van der Waals surface area contributed by atoms with E-state index in [0.29, 0.717) is 18.1 Å². The molecule has 2 fully saturated rings. The van der Waals surface area contributed by atoms with Crippen molar-refractivity contribution >= 4 is 0 Å². The van der Waals surface area contributed by atoms with Crippen LogP contribution >= 0.6 is 0 Å². The molecule has 1 aromatic rings. The van der Waals surface area contributed by atoms with Crippen molar-refractivity contribution in [3.05, 3.63) is 29.8 Å². The summed E-state index contributed by atoms with van der Waals surface area (Å²) < 4.78 is 5.82. The van der Waals surface area contributed by atoms with E-state index in [1.165, 1.54) is 44.1 Å². The molecule has 2 aliphatic rings. The van der Waals surface area contributed by atoms with Gasteiger partial charge in [-0.2, -0.15) is 0 Å². The highest BCUT2D eigenvalue weighted by molar-refractivity contribution is 5.31. The monoisotopic (exact) mass is 259 g/mol. The number of nitrogens with one attached hydrogen (secondary N) is 1. The molecule has 2 atom stereocenters. The summed E-state index contributed by atoms with van der Waals surface area (Å²) in [7, 11) is 0. The molecule has 2 aliphatic carbocycles. The first-order valence-corrected chi connectivity index (χ1v) is 7.87. The average Bonchev–Trinajstić information content (AvgIpc) is 3.13. The molecule has 2 unspecified atom stereocenters. The Bertz CT molecular complexity index is 396. The molecule has 0 amide bonds. The molecule has 1 aromatic carbocycles. The predicted octanol–water partition coefficient (Wildman–Crippen LogP) is 3.86. The van der Waals surface area contributed by atoms with Gasteiger partial charge in [-0.15, -0.1) is 0 Å². The van der Waals surface area contributed by atoms with Gasteiger partial charge in [0.25, 0.3) is 0 Å². The second-order valence-corrected chi connectivity index (χ2v) is 5.98. The van der Waals surface area contributed by atoms with Gasteiger partial charge in [-0.05, 0) is 62.3 Å². The molecular formula is C17H25NO. The van der Waals surface area contributed by atoms with Gasteiger partial charge in [0, 0.05) is 6.04 Å². The molecule has 0 bridgehead atoms. The van der Waals surface area contributed by atoms with Gasteiger partial charge in [-0.3, -0.25) is 0 Å². The van der Waals surface area contributed by atoms with Crippen LogP contribution in [0.4, 0.5) is 0 Å². The largest absolute Gasteiger partial charge is 0.490 e. The Morgan fingerprint density at radius 1 is 1.11 bits per heavy atom. The van der Waals surface area contributed by atoms with E-state index in [4.69, 9.17) is 4.74 Å². The fourth-order valence-electron chi connectivity index (χ4n) is 3.11. The van der Waals surface area contributed by atoms with Crippen molar-refractivity contribution in [3.63, 3.8) is 0 Å². The van der Waals surface area contributed by atoms with Gasteiger partial charge in [0.1, 0.15) is 5.75 Å². The van der Waals surface area contributed by atoms with Crippen LogP contribution in [0.15, 0.2) is 24.3 Å². The van der Waals surface area contributed by atoms with Crippen LogP contribution in [0, 0.1) is 0 Å². The highest BCUT2D eigenvalue weighted by atomic mass is 16.5. The summed E-state index contributed by atoms with van der Waals surface area (Å²) >= 11 is 0. The van der Waals surface area contributed by atoms with Gasteiger partial charge < -0.3 is 10.1 Å². The highest BCUT2D eigenvalue weighted by Gasteiger charge is 2.28. The number of hydrogen-bond acceptors (Lipinski definition) is 2. The summed E-state index contributed by atoms with van der Waals surface area (Å²) in [6.45, 7) is 3.38. The van der Waals surface area contributed by atoms with Crippen LogP contribution in [0.2, 0.25) is 0 Å². The second kappa shape index (κ2) is 5.96. The minimum absolute atomic E-state index is 0.497. The minimum Gasteiger partial charge on any atom is -0.490 e. The van der Waals surface area contributed by atoms with Crippen molar-refractivity contribution in [1.29, 1.82) is 0 Å². The van der Waals surface area contributed by atoms with E-state index in [9.17, 15) is 0 Å². The molecule has 0 radical (unpaired) electrons. The molecule has 2 saturated carbocycles. The summed E-state index contributed by atoms with van der Waals surface area (Å²) in [5.41, 5.74) is 1.48. The smallest absolute Gasteiger partial charge is 0.119 e. The zero-order chi connectivity index (χ0) is 13.1. The summed E-state index contributed by atoms with van der Waals surface area (Å²) in [6, 6.07) is 9.53. The van der Waals surface area contributed by atoms with Crippen LogP contribution in [-0.2, 0) is 0 Å². The average molecular weight is 259 g/mol. The van der Waals surface area contributed by atoms with E-state index < -0.39 is 0 Å². The van der Waals surface area contributed by atoms with Crippen molar-refractivity contribution in [2.45, 2.75) is 63.5 Å². The Morgan fingerprint density at radius 2 is 1.89 bits per heavy atom. The molecule has 1 N–H and O–H groups in total. The third-order valence-corrected chi connectivity index (χ3v) is 4.31. The van der Waals surface area contributed by atoms with Crippen LogP contribution in [0.3, 0.4) is 0 Å². The van der Waals surface area contributed by atoms with Crippen molar-refractivity contribution in [1.82, 2.24) is 5.32 Å². The standard InChI is InChI=1S/C17H25NO/c1-2-12-18-17-5-3-4-16(17)13-6-8-14(9-7-13)19-15-10-11-15/h6-9,15-18H,2-5,10-12H2,1H3. The van der Waals surface area contributed by atoms with Gasteiger partial charge in [0.15, 0.2) is 0 Å². The van der Waals surface area contributed by atoms with Crippen LogP contribution < -0.4 is 10.1 Å². The Labute approximate surface area is 116 Å². The number of ether oxygens (including phenoxy) is 1. The first kappa shape index (κ1) is 13.0. The third kappa shape index (κ3) is 3.30. The molecule has 0 heterocycles. The molecule has 104 valence electrons. The first-order chi connectivity index (χ1) is 9.36. The topological polar surface area (TPSA) is 21.3 Å². The maximum Gasteiger partial charge on any atom is 0.119 e. The molecule has 0 spiro atoms. The van der Waals surface area contributed by atoms with Crippen LogP contribution in [0.25, 0.3) is 0 Å². The number of rotatable bonds is 6. The molecule has 0 aliphatic heterocycles. The van der Waals surface area contributed by atoms with E-state index in [-0.39, 0.29) is 0 Å². The fourth-order valence-corrected chi connectivity index (χ4v) is 3.11. The molecule has 3 rings (SSSR count). The van der Waals surface area contributed by atoms with E-state index in [1.807, 2.05) is 0 Å². The summed E-state index contributed by atoms with van der Waals surface area (Å²) in [4.78, 5) is 0. The molecular weight excluding hydrogens is 234 g/mol. The van der Waals surface area contributed by atoms with Gasteiger partial charge in [-0.25, -0.2) is 0 Å². The molecule has 0 aromatic heterocycles. The van der Waals surface area contributed by atoms with Gasteiger partial charge in [0.05, 0.1) is 6.10 Å². The Morgan fingerprint density at radius 3 is 2.58 bits per heavy atom. The Kier molecular flexibility index (Phi) is 4.07. The maximum atomic E-state index is 5.82. The van der Waals surface area contributed by atoms with E-state index in [0.717, 1.165) is 12.3 Å². The predicted molar refractivity (Wildman–Crippen MR) is 78.8 cm³/mol. The zero-order valence-corrected chi connectivity index (χ0v) is 11.9. The van der Waals surface area contributed by atoms with Crippen molar-refractivity contribution < 1.29 is 4.74 Å². The van der Waals surface area contributed by atoms with Gasteiger partial charge in [-0.1, -0.05) is 25.5 Å². The first-order valence-electron chi connectivity index (χ1n) is 7.87. The van der Waals surface area contributed by atoms with Crippen LogP contribution in [-0.4, -0.2) is 18.7 Å². The van der Waals surface area contributed by atoms with Crippen molar-refractivity contribution in [2.75, 3.05) is 6.54 Å². The Hall–Kier alpha value is -1.02. The fraction of sp³-hybridized carbons (Fsp3) is 0.647. The van der Waals surface area contributed by atoms with Gasteiger partial charge >= 0.3 is 0 Å². The Balaban J connectivity index is 1.63. The summed E-state index contributed by atoms with van der Waals surface area (Å²) in [6.07, 6.45) is 8.18. The van der Waals surface area contributed by atoms with E-state index in [2.05, 4.69) is 36.5 Å². The maximum absolute atomic E-state index is 5.82.